The third-order valence-corrected chi connectivity index (χ3v) is 8.60. The zero-order valence-corrected chi connectivity index (χ0v) is 19.0. The van der Waals surface area contributed by atoms with E-state index in [1.165, 1.54) is 22.5 Å². The number of sulfonamides is 2. The zero-order chi connectivity index (χ0) is 22.6. The molecule has 1 aliphatic rings. The Hall–Kier alpha value is -2.50. The van der Waals surface area contributed by atoms with Gasteiger partial charge in [-0.15, -0.1) is 0 Å². The van der Waals surface area contributed by atoms with Crippen LogP contribution in [-0.4, -0.2) is 57.5 Å². The number of nitrogens with zero attached hydrogens (tertiary/aromatic N) is 3. The fourth-order valence-electron chi connectivity index (χ4n) is 3.36. The maximum atomic E-state index is 13.5. The van der Waals surface area contributed by atoms with E-state index in [4.69, 9.17) is 4.74 Å². The van der Waals surface area contributed by atoms with Gasteiger partial charge in [-0.2, -0.15) is 4.31 Å². The van der Waals surface area contributed by atoms with E-state index in [9.17, 15) is 21.6 Å². The highest BCUT2D eigenvalue weighted by atomic mass is 32.2. The summed E-state index contributed by atoms with van der Waals surface area (Å²) in [5.41, 5.74) is 0.936. The van der Waals surface area contributed by atoms with Crippen molar-refractivity contribution in [3.05, 3.63) is 48.3 Å². The number of hydrogen-bond donors (Lipinski definition) is 0. The van der Waals surface area contributed by atoms with Crippen molar-refractivity contribution in [1.82, 2.24) is 9.29 Å². The predicted octanol–water partition coefficient (Wildman–Crippen LogP) is 1.80. The molecule has 1 aliphatic heterocycles. The van der Waals surface area contributed by atoms with Gasteiger partial charge >= 0.3 is 0 Å². The van der Waals surface area contributed by atoms with Gasteiger partial charge < -0.3 is 4.74 Å². The van der Waals surface area contributed by atoms with Crippen LogP contribution in [0.4, 0.5) is 5.69 Å². The molecular formula is C20H25N3O6S2. The van der Waals surface area contributed by atoms with Gasteiger partial charge in [-0.25, -0.2) is 21.1 Å². The second-order valence-electron chi connectivity index (χ2n) is 6.89. The smallest absolute Gasteiger partial charge is 0.246 e. The molecule has 0 spiro atoms. The van der Waals surface area contributed by atoms with Crippen LogP contribution in [0.5, 0.6) is 5.75 Å². The van der Waals surface area contributed by atoms with Crippen LogP contribution in [0.15, 0.2) is 47.6 Å². The van der Waals surface area contributed by atoms with Crippen molar-refractivity contribution in [2.24, 2.45) is 0 Å². The molecule has 0 saturated carbocycles. The summed E-state index contributed by atoms with van der Waals surface area (Å²) < 4.78 is 59.0. The van der Waals surface area contributed by atoms with Gasteiger partial charge in [0.2, 0.25) is 26.0 Å². The summed E-state index contributed by atoms with van der Waals surface area (Å²) in [7, 11) is -7.84. The summed E-state index contributed by atoms with van der Waals surface area (Å²) in [4.78, 5) is 16.0. The lowest BCUT2D eigenvalue weighted by molar-refractivity contribution is -0.116. The van der Waals surface area contributed by atoms with E-state index in [0.717, 1.165) is 5.56 Å². The van der Waals surface area contributed by atoms with E-state index >= 15 is 0 Å². The second kappa shape index (κ2) is 9.33. The maximum Gasteiger partial charge on any atom is 0.246 e. The van der Waals surface area contributed by atoms with E-state index in [2.05, 4.69) is 4.98 Å². The molecule has 0 aliphatic carbocycles. The number of anilines is 1. The fraction of sp³-hybridized carbons (Fsp3) is 0.400. The second-order valence-corrected chi connectivity index (χ2v) is 10.7. The number of carbonyl (C=O) groups is 1. The summed E-state index contributed by atoms with van der Waals surface area (Å²) in [5, 5.41) is 0. The largest absolute Gasteiger partial charge is 0.492 e. The number of ether oxygens (including phenoxy) is 1. The topological polar surface area (TPSA) is 114 Å². The van der Waals surface area contributed by atoms with Crippen molar-refractivity contribution >= 4 is 31.6 Å². The highest BCUT2D eigenvalue weighted by Crippen LogP contribution is 2.34. The van der Waals surface area contributed by atoms with Crippen LogP contribution in [0.1, 0.15) is 25.8 Å². The third kappa shape index (κ3) is 4.89. The SMILES string of the molecule is CCOc1ccc(N2C(=O)CCS2(=O)=O)cc1S(=O)(=O)N(CC)CCc1ccncc1. The molecule has 31 heavy (non-hydrogen) atoms. The molecule has 0 bridgehead atoms. The molecule has 2 heterocycles. The molecule has 1 amide bonds. The van der Waals surface area contributed by atoms with E-state index in [1.807, 2.05) is 12.1 Å². The van der Waals surface area contributed by atoms with Crippen molar-refractivity contribution < 1.29 is 26.4 Å². The normalized spacial score (nSPS) is 16.1. The fourth-order valence-corrected chi connectivity index (χ4v) is 6.41. The number of aromatic nitrogens is 1. The molecule has 1 saturated heterocycles. The molecule has 11 heteroatoms. The van der Waals surface area contributed by atoms with Crippen molar-refractivity contribution in [3.63, 3.8) is 0 Å². The highest BCUT2D eigenvalue weighted by molar-refractivity contribution is 7.94. The van der Waals surface area contributed by atoms with Gasteiger partial charge in [-0.3, -0.25) is 9.78 Å². The van der Waals surface area contributed by atoms with Crippen LogP contribution >= 0.6 is 0 Å². The summed E-state index contributed by atoms with van der Waals surface area (Å²) in [6.45, 7) is 4.11. The molecule has 2 aromatic rings. The lowest BCUT2D eigenvalue weighted by atomic mass is 10.2. The summed E-state index contributed by atoms with van der Waals surface area (Å²) in [6, 6.07) is 7.62. The number of benzene rings is 1. The van der Waals surface area contributed by atoms with Gasteiger partial charge in [0, 0.05) is 31.9 Å². The van der Waals surface area contributed by atoms with Crippen LogP contribution < -0.4 is 9.04 Å². The van der Waals surface area contributed by atoms with Gasteiger partial charge in [-0.05, 0) is 49.2 Å². The quantitative estimate of drug-likeness (QED) is 0.552. The van der Waals surface area contributed by atoms with Gasteiger partial charge in [0.25, 0.3) is 0 Å². The Morgan fingerprint density at radius 3 is 2.45 bits per heavy atom. The Morgan fingerprint density at radius 2 is 1.87 bits per heavy atom. The standard InChI is InChI=1S/C20H25N3O6S2/c1-3-22(13-9-16-7-11-21-12-8-16)31(27,28)19-15-17(5-6-18(19)29-4-2)23-20(24)10-14-30(23,25)26/h5-8,11-12,15H,3-4,9-10,13-14H2,1-2H3. The molecule has 0 radical (unpaired) electrons. The van der Waals surface area contributed by atoms with Crippen molar-refractivity contribution in [1.29, 1.82) is 0 Å². The molecular weight excluding hydrogens is 442 g/mol. The van der Waals surface area contributed by atoms with Crippen LogP contribution in [0.2, 0.25) is 0 Å². The van der Waals surface area contributed by atoms with Crippen LogP contribution in [0.3, 0.4) is 0 Å². The van der Waals surface area contributed by atoms with Gasteiger partial charge in [-0.1, -0.05) is 6.92 Å². The first-order valence-corrected chi connectivity index (χ1v) is 13.0. The molecule has 1 fully saturated rings. The Morgan fingerprint density at radius 1 is 1.16 bits per heavy atom. The first-order valence-electron chi connectivity index (χ1n) is 9.92. The van der Waals surface area contributed by atoms with E-state index in [-0.39, 0.29) is 48.2 Å². The van der Waals surface area contributed by atoms with E-state index in [0.29, 0.717) is 10.7 Å². The van der Waals surface area contributed by atoms with Crippen LogP contribution in [0, 0.1) is 0 Å². The Bertz CT molecular complexity index is 1150. The summed E-state index contributed by atoms with van der Waals surface area (Å²) in [5.74, 6) is -0.774. The number of hydrogen-bond acceptors (Lipinski definition) is 7. The number of carbonyl (C=O) groups excluding carboxylic acids is 1. The first-order chi connectivity index (χ1) is 14.7. The molecule has 168 valence electrons. The molecule has 0 atom stereocenters. The maximum absolute atomic E-state index is 13.5. The van der Waals surface area contributed by atoms with Crippen LogP contribution in [0.25, 0.3) is 0 Å². The van der Waals surface area contributed by atoms with Gasteiger partial charge in [0.15, 0.2) is 0 Å². The Kier molecular flexibility index (Phi) is 6.97. The van der Waals surface area contributed by atoms with Gasteiger partial charge in [0.05, 0.1) is 18.0 Å². The number of amides is 1. The predicted molar refractivity (Wildman–Crippen MR) is 116 cm³/mol. The third-order valence-electron chi connectivity index (χ3n) is 4.91. The zero-order valence-electron chi connectivity index (χ0n) is 17.4. The minimum absolute atomic E-state index is 0.00489. The average molecular weight is 468 g/mol. The number of likely N-dealkylation sites (N-methyl/N-ethyl adjacent to an activating group) is 1. The molecule has 0 N–H and O–H groups in total. The molecule has 3 rings (SSSR count). The van der Waals surface area contributed by atoms with Crippen molar-refractivity contribution in [3.8, 4) is 5.75 Å². The molecule has 1 aromatic heterocycles. The Balaban J connectivity index is 2.00. The number of rotatable bonds is 9. The number of pyridine rings is 1. The lowest BCUT2D eigenvalue weighted by Gasteiger charge is -2.23. The monoisotopic (exact) mass is 467 g/mol. The summed E-state index contributed by atoms with van der Waals surface area (Å²) in [6.07, 6.45) is 3.64. The molecule has 1 aromatic carbocycles. The van der Waals surface area contributed by atoms with E-state index < -0.39 is 26.0 Å². The highest BCUT2D eigenvalue weighted by Gasteiger charge is 2.37. The summed E-state index contributed by atoms with van der Waals surface area (Å²) >= 11 is 0. The minimum atomic E-state index is -4.02. The lowest BCUT2D eigenvalue weighted by Crippen LogP contribution is -2.34. The van der Waals surface area contributed by atoms with Crippen LogP contribution in [-0.2, 0) is 31.3 Å². The molecule has 0 unspecified atom stereocenters. The Labute approximate surface area is 182 Å². The average Bonchev–Trinajstić information content (AvgIpc) is 3.02. The van der Waals surface area contributed by atoms with E-state index in [1.54, 1.807) is 26.2 Å². The first kappa shape index (κ1) is 23.2. The van der Waals surface area contributed by atoms with Gasteiger partial charge in [0.1, 0.15) is 10.6 Å². The van der Waals surface area contributed by atoms with Crippen molar-refractivity contribution in [2.75, 3.05) is 29.8 Å². The minimum Gasteiger partial charge on any atom is -0.492 e. The van der Waals surface area contributed by atoms with Crippen molar-refractivity contribution in [2.45, 2.75) is 31.6 Å². The molecule has 9 nitrogen and oxygen atoms in total.